The van der Waals surface area contributed by atoms with Crippen molar-refractivity contribution in [1.29, 1.82) is 0 Å². The van der Waals surface area contributed by atoms with Crippen LogP contribution in [0.25, 0.3) is 0 Å². The molecule has 0 spiro atoms. The Morgan fingerprint density at radius 2 is 2.19 bits per heavy atom. The van der Waals surface area contributed by atoms with Gasteiger partial charge >= 0.3 is 5.97 Å². The molecule has 1 unspecified atom stereocenters. The summed E-state index contributed by atoms with van der Waals surface area (Å²) in [5.41, 5.74) is 0. The molecule has 1 heterocycles. The van der Waals surface area contributed by atoms with Gasteiger partial charge in [0.2, 0.25) is 5.91 Å². The van der Waals surface area contributed by atoms with E-state index in [1.807, 2.05) is 6.26 Å². The van der Waals surface area contributed by atoms with Gasteiger partial charge in [-0.25, -0.2) is 4.79 Å². The molecule has 5 heteroatoms. The van der Waals surface area contributed by atoms with Crippen LogP contribution in [-0.2, 0) is 14.3 Å². The van der Waals surface area contributed by atoms with Crippen molar-refractivity contribution in [2.75, 3.05) is 25.2 Å². The van der Waals surface area contributed by atoms with Crippen molar-refractivity contribution in [3.05, 3.63) is 0 Å². The van der Waals surface area contributed by atoms with Crippen LogP contribution in [0.2, 0.25) is 0 Å². The summed E-state index contributed by atoms with van der Waals surface area (Å²) in [6.07, 6.45) is 4.60. The predicted octanol–water partition coefficient (Wildman–Crippen LogP) is 1.29. The number of carbonyl (C=O) groups excluding carboxylic acids is 2. The van der Waals surface area contributed by atoms with Gasteiger partial charge in [-0.2, -0.15) is 11.8 Å². The van der Waals surface area contributed by atoms with Gasteiger partial charge in [0.15, 0.2) is 0 Å². The van der Waals surface area contributed by atoms with Gasteiger partial charge in [-0.15, -0.1) is 0 Å². The first-order valence-corrected chi connectivity index (χ1v) is 7.05. The highest BCUT2D eigenvalue weighted by molar-refractivity contribution is 7.99. The third-order valence-corrected chi connectivity index (χ3v) is 3.19. The van der Waals surface area contributed by atoms with E-state index in [4.69, 9.17) is 4.74 Å². The normalized spacial score (nSPS) is 20.6. The van der Waals surface area contributed by atoms with Crippen molar-refractivity contribution in [2.45, 2.75) is 32.2 Å². The molecule has 1 fully saturated rings. The Hall–Kier alpha value is -0.710. The van der Waals surface area contributed by atoms with E-state index in [9.17, 15) is 9.59 Å². The van der Waals surface area contributed by atoms with E-state index in [0.717, 1.165) is 19.3 Å². The van der Waals surface area contributed by atoms with Crippen molar-refractivity contribution in [2.24, 2.45) is 0 Å². The van der Waals surface area contributed by atoms with Crippen LogP contribution in [0.5, 0.6) is 0 Å². The Balaban J connectivity index is 2.63. The number of thioether (sulfide) groups is 1. The number of rotatable bonds is 4. The minimum absolute atomic E-state index is 0.0465. The van der Waals surface area contributed by atoms with Crippen LogP contribution < -0.4 is 0 Å². The average molecular weight is 245 g/mol. The fourth-order valence-corrected chi connectivity index (χ4v) is 2.33. The third kappa shape index (κ3) is 3.40. The number of nitrogens with zero attached hydrogens (tertiary/aromatic N) is 1. The third-order valence-electron chi connectivity index (χ3n) is 2.65. The molecule has 1 aliphatic rings. The number of amides is 1. The molecule has 1 aliphatic heterocycles. The molecule has 4 nitrogen and oxygen atoms in total. The molecule has 0 aromatic carbocycles. The molecular weight excluding hydrogens is 226 g/mol. The highest BCUT2D eigenvalue weighted by Gasteiger charge is 2.32. The number of ether oxygens (including phenoxy) is 1. The second-order valence-corrected chi connectivity index (χ2v) is 4.65. The molecule has 0 radical (unpaired) electrons. The van der Waals surface area contributed by atoms with Crippen molar-refractivity contribution < 1.29 is 14.3 Å². The van der Waals surface area contributed by atoms with E-state index < -0.39 is 0 Å². The summed E-state index contributed by atoms with van der Waals surface area (Å²) >= 11 is 1.49. The number of piperidine rings is 1. The van der Waals surface area contributed by atoms with Gasteiger partial charge in [0.1, 0.15) is 6.04 Å². The number of hydrogen-bond donors (Lipinski definition) is 0. The summed E-state index contributed by atoms with van der Waals surface area (Å²) in [4.78, 5) is 25.2. The van der Waals surface area contributed by atoms with Gasteiger partial charge in [0.05, 0.1) is 12.4 Å². The van der Waals surface area contributed by atoms with Gasteiger partial charge in [0, 0.05) is 6.54 Å². The second-order valence-electron chi connectivity index (χ2n) is 3.78. The molecule has 0 aromatic heterocycles. The van der Waals surface area contributed by atoms with Crippen LogP contribution >= 0.6 is 11.8 Å². The summed E-state index contributed by atoms with van der Waals surface area (Å²) in [7, 11) is 0. The van der Waals surface area contributed by atoms with Crippen molar-refractivity contribution in [3.8, 4) is 0 Å². The minimum Gasteiger partial charge on any atom is -0.464 e. The smallest absolute Gasteiger partial charge is 0.328 e. The molecule has 1 amide bonds. The maximum absolute atomic E-state index is 11.8. The number of esters is 1. The zero-order valence-corrected chi connectivity index (χ0v) is 10.7. The van der Waals surface area contributed by atoms with Gasteiger partial charge < -0.3 is 9.64 Å². The van der Waals surface area contributed by atoms with Crippen molar-refractivity contribution >= 4 is 23.6 Å². The molecule has 0 bridgehead atoms. The molecule has 0 aliphatic carbocycles. The Bertz CT molecular complexity index is 232. The fraction of sp³-hybridized carbons (Fsp3) is 0.818. The predicted molar refractivity (Wildman–Crippen MR) is 64.4 cm³/mol. The molecule has 92 valence electrons. The van der Waals surface area contributed by atoms with E-state index in [2.05, 4.69) is 0 Å². The first kappa shape index (κ1) is 13.4. The molecule has 0 aromatic rings. The van der Waals surface area contributed by atoms with Crippen molar-refractivity contribution in [3.63, 3.8) is 0 Å². The molecule has 1 atom stereocenters. The van der Waals surface area contributed by atoms with Crippen molar-refractivity contribution in [1.82, 2.24) is 4.90 Å². The maximum atomic E-state index is 11.8. The number of hydrogen-bond acceptors (Lipinski definition) is 4. The van der Waals surface area contributed by atoms with E-state index >= 15 is 0 Å². The van der Waals surface area contributed by atoms with Crippen LogP contribution in [0.15, 0.2) is 0 Å². The molecule has 1 saturated heterocycles. The molecular formula is C11H19NO3S. The first-order valence-electron chi connectivity index (χ1n) is 5.65. The van der Waals surface area contributed by atoms with Crippen LogP contribution in [0.1, 0.15) is 26.2 Å². The monoisotopic (exact) mass is 245 g/mol. The van der Waals surface area contributed by atoms with E-state index in [-0.39, 0.29) is 17.9 Å². The fourth-order valence-electron chi connectivity index (χ4n) is 1.92. The number of carbonyl (C=O) groups is 2. The Labute approximate surface area is 101 Å². The van der Waals surface area contributed by atoms with Crippen LogP contribution in [0.3, 0.4) is 0 Å². The van der Waals surface area contributed by atoms with Crippen LogP contribution in [0, 0.1) is 0 Å². The minimum atomic E-state index is -0.353. The van der Waals surface area contributed by atoms with Gasteiger partial charge in [-0.3, -0.25) is 4.79 Å². The average Bonchev–Trinajstić information content (AvgIpc) is 2.30. The van der Waals surface area contributed by atoms with E-state index in [0.29, 0.717) is 18.9 Å². The van der Waals surface area contributed by atoms with Gasteiger partial charge in [0.25, 0.3) is 0 Å². The van der Waals surface area contributed by atoms with Crippen LogP contribution in [0.4, 0.5) is 0 Å². The lowest BCUT2D eigenvalue weighted by Gasteiger charge is -2.33. The molecule has 0 saturated carbocycles. The zero-order valence-electron chi connectivity index (χ0n) is 9.90. The highest BCUT2D eigenvalue weighted by atomic mass is 32.2. The molecule has 16 heavy (non-hydrogen) atoms. The van der Waals surface area contributed by atoms with Crippen LogP contribution in [-0.4, -0.2) is 48.0 Å². The summed E-state index contributed by atoms with van der Waals surface area (Å²) in [6, 6.07) is -0.353. The topological polar surface area (TPSA) is 46.6 Å². The standard InChI is InChI=1S/C11H19NO3S/c1-3-15-11(14)9-6-4-5-7-12(9)10(13)8-16-2/h9H,3-8H2,1-2H3. The molecule has 1 rings (SSSR count). The largest absolute Gasteiger partial charge is 0.464 e. The first-order chi connectivity index (χ1) is 7.70. The second kappa shape index (κ2) is 6.78. The van der Waals surface area contributed by atoms with E-state index in [1.165, 1.54) is 11.8 Å². The molecule has 0 N–H and O–H groups in total. The summed E-state index contributed by atoms with van der Waals surface area (Å²) < 4.78 is 5.00. The number of likely N-dealkylation sites (tertiary alicyclic amines) is 1. The van der Waals surface area contributed by atoms with E-state index in [1.54, 1.807) is 11.8 Å². The lowest BCUT2D eigenvalue weighted by Crippen LogP contribution is -2.49. The summed E-state index contributed by atoms with van der Waals surface area (Å²) in [6.45, 7) is 2.84. The SMILES string of the molecule is CCOC(=O)C1CCCCN1C(=O)CSC. The van der Waals surface area contributed by atoms with Gasteiger partial charge in [-0.05, 0) is 32.4 Å². The highest BCUT2D eigenvalue weighted by Crippen LogP contribution is 2.19. The quantitative estimate of drug-likeness (QED) is 0.700. The Morgan fingerprint density at radius 1 is 1.44 bits per heavy atom. The summed E-state index contributed by atoms with van der Waals surface area (Å²) in [5, 5.41) is 0. The lowest BCUT2D eigenvalue weighted by molar-refractivity contribution is -0.155. The maximum Gasteiger partial charge on any atom is 0.328 e. The Kier molecular flexibility index (Phi) is 5.66. The lowest BCUT2D eigenvalue weighted by atomic mass is 10.0. The zero-order chi connectivity index (χ0) is 12.0. The van der Waals surface area contributed by atoms with Gasteiger partial charge in [-0.1, -0.05) is 0 Å². The summed E-state index contributed by atoms with van der Waals surface area (Å²) in [5.74, 6) is 0.234. The Morgan fingerprint density at radius 3 is 2.81 bits per heavy atom.